The first-order valence-corrected chi connectivity index (χ1v) is 11.3. The number of nitrogens with one attached hydrogen (secondary N) is 1. The van der Waals surface area contributed by atoms with Gasteiger partial charge in [0.15, 0.2) is 0 Å². The third-order valence-electron chi connectivity index (χ3n) is 6.17. The van der Waals surface area contributed by atoms with Crippen LogP contribution in [0.25, 0.3) is 22.5 Å². The van der Waals surface area contributed by atoms with Crippen LogP contribution < -0.4 is 4.74 Å². The molecule has 2 heterocycles. The van der Waals surface area contributed by atoms with E-state index in [0.717, 1.165) is 53.0 Å². The minimum Gasteiger partial charge on any atom is -0.488 e. The average molecular weight is 462 g/mol. The van der Waals surface area contributed by atoms with Gasteiger partial charge in [-0.1, -0.05) is 49.4 Å². The van der Waals surface area contributed by atoms with Crippen LogP contribution in [0.15, 0.2) is 48.5 Å². The lowest BCUT2D eigenvalue weighted by Crippen LogP contribution is -2.10. The smallest absolute Gasteiger partial charge is 0.205 e. The quantitative estimate of drug-likeness (QED) is 0.399. The van der Waals surface area contributed by atoms with Gasteiger partial charge in [-0.3, -0.25) is 4.98 Å². The molecule has 1 N–H and O–H groups in total. The molecule has 0 aliphatic heterocycles. The van der Waals surface area contributed by atoms with Crippen molar-refractivity contribution in [2.24, 2.45) is 0 Å². The molecule has 0 saturated heterocycles. The Labute approximate surface area is 200 Å². The van der Waals surface area contributed by atoms with E-state index in [4.69, 9.17) is 9.72 Å². The SMILES string of the molecule is CCc1cc(OCc2ccc(-c3c(C)cccc3-c3nn[nH]n3)cc2)c2c(n1)CCCC2.Cl. The van der Waals surface area contributed by atoms with Crippen LogP contribution in [-0.4, -0.2) is 25.6 Å². The zero-order chi connectivity index (χ0) is 21.9. The number of aromatic nitrogens is 5. The Morgan fingerprint density at radius 2 is 1.85 bits per heavy atom. The minimum atomic E-state index is 0. The summed E-state index contributed by atoms with van der Waals surface area (Å²) in [7, 11) is 0. The van der Waals surface area contributed by atoms with Gasteiger partial charge >= 0.3 is 0 Å². The first-order valence-electron chi connectivity index (χ1n) is 11.3. The Kier molecular flexibility index (Phi) is 7.04. The molecular formula is C26H28ClN5O. The molecule has 0 spiro atoms. The molecule has 0 bridgehead atoms. The highest BCUT2D eigenvalue weighted by molar-refractivity contribution is 5.85. The number of nitrogens with zero attached hydrogens (tertiary/aromatic N) is 4. The van der Waals surface area contributed by atoms with Crippen molar-refractivity contribution in [2.75, 3.05) is 0 Å². The van der Waals surface area contributed by atoms with Gasteiger partial charge in [0.1, 0.15) is 12.4 Å². The lowest BCUT2D eigenvalue weighted by Gasteiger charge is -2.20. The first kappa shape index (κ1) is 22.9. The second-order valence-electron chi connectivity index (χ2n) is 8.32. The highest BCUT2D eigenvalue weighted by Gasteiger charge is 2.17. The molecule has 7 heteroatoms. The maximum Gasteiger partial charge on any atom is 0.205 e. The predicted octanol–water partition coefficient (Wildman–Crippen LogP) is 5.68. The van der Waals surface area contributed by atoms with Gasteiger partial charge in [-0.25, -0.2) is 0 Å². The van der Waals surface area contributed by atoms with Gasteiger partial charge in [0, 0.05) is 28.6 Å². The third-order valence-corrected chi connectivity index (χ3v) is 6.17. The van der Waals surface area contributed by atoms with Crippen molar-refractivity contribution in [1.29, 1.82) is 0 Å². The van der Waals surface area contributed by atoms with Crippen molar-refractivity contribution in [3.63, 3.8) is 0 Å². The molecule has 4 aromatic rings. The number of aromatic amines is 1. The van der Waals surface area contributed by atoms with Gasteiger partial charge in [-0.05, 0) is 66.5 Å². The summed E-state index contributed by atoms with van der Waals surface area (Å²) in [6.45, 7) is 4.80. The lowest BCUT2D eigenvalue weighted by atomic mass is 9.94. The number of pyridine rings is 1. The van der Waals surface area contributed by atoms with Crippen LogP contribution in [-0.2, 0) is 25.9 Å². The van der Waals surface area contributed by atoms with Gasteiger partial charge in [0.25, 0.3) is 0 Å². The molecule has 0 unspecified atom stereocenters. The summed E-state index contributed by atoms with van der Waals surface area (Å²) in [4.78, 5) is 4.83. The molecule has 0 amide bonds. The maximum absolute atomic E-state index is 6.31. The summed E-state index contributed by atoms with van der Waals surface area (Å²) >= 11 is 0. The van der Waals surface area contributed by atoms with E-state index in [1.54, 1.807) is 0 Å². The summed E-state index contributed by atoms with van der Waals surface area (Å²) < 4.78 is 6.31. The zero-order valence-corrected chi connectivity index (χ0v) is 19.8. The summed E-state index contributed by atoms with van der Waals surface area (Å²) in [6, 6.07) is 16.8. The minimum absolute atomic E-state index is 0. The second-order valence-corrected chi connectivity index (χ2v) is 8.32. The first-order chi connectivity index (χ1) is 15.7. The molecule has 0 saturated carbocycles. The number of ether oxygens (including phenoxy) is 1. The number of hydrogen-bond donors (Lipinski definition) is 1. The van der Waals surface area contributed by atoms with Gasteiger partial charge in [0.2, 0.25) is 5.82 Å². The van der Waals surface area contributed by atoms with Crippen LogP contribution in [0.1, 0.15) is 47.8 Å². The number of tetrazole rings is 1. The average Bonchev–Trinajstić information content (AvgIpc) is 3.37. The Morgan fingerprint density at radius 3 is 2.61 bits per heavy atom. The topological polar surface area (TPSA) is 76.6 Å². The van der Waals surface area contributed by atoms with Crippen LogP contribution >= 0.6 is 12.4 Å². The normalized spacial score (nSPS) is 12.7. The highest BCUT2D eigenvalue weighted by atomic mass is 35.5. The molecule has 6 nitrogen and oxygen atoms in total. The fraction of sp³-hybridized carbons (Fsp3) is 0.308. The Morgan fingerprint density at radius 1 is 1.03 bits per heavy atom. The molecule has 1 aliphatic carbocycles. The molecule has 0 radical (unpaired) electrons. The molecule has 0 fully saturated rings. The number of hydrogen-bond acceptors (Lipinski definition) is 5. The molecule has 5 rings (SSSR count). The maximum atomic E-state index is 6.31. The van der Waals surface area contributed by atoms with Crippen molar-refractivity contribution in [2.45, 2.75) is 52.6 Å². The highest BCUT2D eigenvalue weighted by Crippen LogP contribution is 2.34. The standard InChI is InChI=1S/C26H27N5O.ClH/c1-3-20-15-24(21-8-4-5-10-23(21)27-20)32-16-18-11-13-19(14-12-18)25-17(2)7-6-9-22(25)26-28-30-31-29-26;/h6-7,9,11-15H,3-5,8,10,16H2,1-2H3,(H,28,29,30,31);1H. The van der Waals surface area contributed by atoms with E-state index < -0.39 is 0 Å². The molecule has 33 heavy (non-hydrogen) atoms. The van der Waals surface area contributed by atoms with E-state index in [1.165, 1.54) is 29.7 Å². The number of halogens is 1. The van der Waals surface area contributed by atoms with E-state index >= 15 is 0 Å². The van der Waals surface area contributed by atoms with Crippen LogP contribution in [0, 0.1) is 6.92 Å². The molecule has 0 atom stereocenters. The van der Waals surface area contributed by atoms with Crippen molar-refractivity contribution in [1.82, 2.24) is 25.6 Å². The van der Waals surface area contributed by atoms with E-state index in [2.05, 4.69) is 70.9 Å². The van der Waals surface area contributed by atoms with Crippen molar-refractivity contribution in [3.8, 4) is 28.3 Å². The van der Waals surface area contributed by atoms with E-state index in [-0.39, 0.29) is 12.4 Å². The summed E-state index contributed by atoms with van der Waals surface area (Å²) in [5.74, 6) is 1.61. The molecule has 1 aliphatic rings. The van der Waals surface area contributed by atoms with Gasteiger partial charge in [-0.15, -0.1) is 22.6 Å². The largest absolute Gasteiger partial charge is 0.488 e. The van der Waals surface area contributed by atoms with Crippen molar-refractivity contribution < 1.29 is 4.74 Å². The Balaban J connectivity index is 0.00000259. The van der Waals surface area contributed by atoms with Gasteiger partial charge < -0.3 is 4.74 Å². The van der Waals surface area contributed by atoms with Crippen LogP contribution in [0.2, 0.25) is 0 Å². The Bertz CT molecular complexity index is 1220. The molecule has 170 valence electrons. The van der Waals surface area contributed by atoms with E-state index in [1.807, 2.05) is 12.1 Å². The fourth-order valence-electron chi connectivity index (χ4n) is 4.47. The van der Waals surface area contributed by atoms with Crippen LogP contribution in [0.4, 0.5) is 0 Å². The summed E-state index contributed by atoms with van der Waals surface area (Å²) in [6.07, 6.45) is 5.49. The van der Waals surface area contributed by atoms with E-state index in [9.17, 15) is 0 Å². The monoisotopic (exact) mass is 461 g/mol. The zero-order valence-electron chi connectivity index (χ0n) is 19.0. The van der Waals surface area contributed by atoms with E-state index in [0.29, 0.717) is 12.4 Å². The van der Waals surface area contributed by atoms with Gasteiger partial charge in [-0.2, -0.15) is 5.21 Å². The Hall–Kier alpha value is -3.25. The molecule has 2 aromatic heterocycles. The number of rotatable bonds is 6. The number of benzene rings is 2. The number of H-pyrrole nitrogens is 1. The summed E-state index contributed by atoms with van der Waals surface area (Å²) in [5, 5.41) is 14.6. The fourth-order valence-corrected chi connectivity index (χ4v) is 4.47. The second kappa shape index (κ2) is 10.1. The molecular weight excluding hydrogens is 434 g/mol. The number of fused-ring (bicyclic) bond motifs is 1. The molecule has 2 aromatic carbocycles. The number of aryl methyl sites for hydroxylation is 3. The van der Waals surface area contributed by atoms with Crippen molar-refractivity contribution in [3.05, 3.63) is 76.6 Å². The third kappa shape index (κ3) is 4.76. The predicted molar refractivity (Wildman–Crippen MR) is 132 cm³/mol. The van der Waals surface area contributed by atoms with Crippen LogP contribution in [0.5, 0.6) is 5.75 Å². The van der Waals surface area contributed by atoms with Gasteiger partial charge in [0.05, 0.1) is 0 Å². The lowest BCUT2D eigenvalue weighted by molar-refractivity contribution is 0.300. The summed E-state index contributed by atoms with van der Waals surface area (Å²) in [5.41, 5.74) is 9.18. The van der Waals surface area contributed by atoms with Crippen molar-refractivity contribution >= 4 is 12.4 Å². The van der Waals surface area contributed by atoms with Crippen LogP contribution in [0.3, 0.4) is 0 Å².